The highest BCUT2D eigenvalue weighted by Gasteiger charge is 2.53. The highest BCUT2D eigenvalue weighted by molar-refractivity contribution is 5.77. The van der Waals surface area contributed by atoms with Gasteiger partial charge < -0.3 is 16.4 Å². The third kappa shape index (κ3) is 1.97. The molecule has 126 valence electrons. The molecule has 0 saturated carbocycles. The number of hydrogen-bond donors (Lipinski definition) is 3. The van der Waals surface area contributed by atoms with Crippen LogP contribution in [0.4, 0.5) is 17.1 Å². The maximum absolute atomic E-state index is 6.13. The fourth-order valence-corrected chi connectivity index (χ4v) is 4.59. The molecule has 1 heterocycles. The highest BCUT2D eigenvalue weighted by atomic mass is 15.1. The van der Waals surface area contributed by atoms with Gasteiger partial charge in [0.1, 0.15) is 0 Å². The van der Waals surface area contributed by atoms with Crippen LogP contribution in [0.15, 0.2) is 36.4 Å². The summed E-state index contributed by atoms with van der Waals surface area (Å²) in [5.41, 5.74) is 13.6. The predicted octanol–water partition coefficient (Wildman–Crippen LogP) is 4.32. The molecule has 0 spiro atoms. The van der Waals surface area contributed by atoms with Gasteiger partial charge in [-0.15, -0.1) is 0 Å². The van der Waals surface area contributed by atoms with Crippen molar-refractivity contribution < 1.29 is 0 Å². The third-order valence-corrected chi connectivity index (χ3v) is 6.68. The van der Waals surface area contributed by atoms with Crippen molar-refractivity contribution >= 4 is 17.1 Å². The van der Waals surface area contributed by atoms with E-state index in [9.17, 15) is 0 Å². The molecular weight excluding hydrogens is 294 g/mol. The minimum atomic E-state index is 0.122. The van der Waals surface area contributed by atoms with Crippen LogP contribution in [-0.2, 0) is 11.8 Å². The molecule has 1 aliphatic heterocycles. The Morgan fingerprint density at radius 2 is 1.83 bits per heavy atom. The first-order valence-electron chi connectivity index (χ1n) is 8.82. The molecule has 2 aromatic rings. The third-order valence-electron chi connectivity index (χ3n) is 6.68. The first kappa shape index (κ1) is 15.4. The predicted molar refractivity (Wildman–Crippen MR) is 103 cm³/mol. The van der Waals surface area contributed by atoms with Crippen molar-refractivity contribution in [1.82, 2.24) is 0 Å². The Morgan fingerprint density at radius 1 is 1.08 bits per heavy atom. The molecule has 2 aliphatic rings. The Morgan fingerprint density at radius 3 is 2.58 bits per heavy atom. The molecule has 0 amide bonds. The molecule has 4 rings (SSSR count). The van der Waals surface area contributed by atoms with Gasteiger partial charge in [0, 0.05) is 23.7 Å². The average molecular weight is 321 g/mol. The molecule has 0 fully saturated rings. The van der Waals surface area contributed by atoms with Gasteiger partial charge in [0.15, 0.2) is 0 Å². The summed E-state index contributed by atoms with van der Waals surface area (Å²) in [6.07, 6.45) is 1.10. The number of rotatable bonds is 1. The van der Waals surface area contributed by atoms with E-state index in [1.54, 1.807) is 0 Å². The molecule has 2 aromatic carbocycles. The minimum absolute atomic E-state index is 0.122. The van der Waals surface area contributed by atoms with E-state index in [1.165, 1.54) is 11.1 Å². The van der Waals surface area contributed by atoms with Gasteiger partial charge in [-0.1, -0.05) is 45.0 Å². The van der Waals surface area contributed by atoms with Crippen molar-refractivity contribution in [2.45, 2.75) is 45.6 Å². The molecular formula is C21H27N3. The van der Waals surface area contributed by atoms with E-state index >= 15 is 0 Å². The zero-order valence-corrected chi connectivity index (χ0v) is 15.0. The van der Waals surface area contributed by atoms with Crippen LogP contribution < -0.4 is 16.4 Å². The van der Waals surface area contributed by atoms with Crippen LogP contribution in [0, 0.1) is 12.3 Å². The molecule has 1 aliphatic carbocycles. The first-order valence-corrected chi connectivity index (χ1v) is 8.82. The van der Waals surface area contributed by atoms with E-state index in [-0.39, 0.29) is 10.8 Å². The minimum Gasteiger partial charge on any atom is -0.398 e. The summed E-state index contributed by atoms with van der Waals surface area (Å²) in [5.74, 6) is 0. The van der Waals surface area contributed by atoms with Gasteiger partial charge in [0.2, 0.25) is 0 Å². The molecule has 0 radical (unpaired) electrons. The highest BCUT2D eigenvalue weighted by Crippen LogP contribution is 2.54. The maximum atomic E-state index is 6.13. The molecule has 24 heavy (non-hydrogen) atoms. The summed E-state index contributed by atoms with van der Waals surface area (Å²) >= 11 is 0. The smallest absolute Gasteiger partial charge is 0.0599 e. The molecule has 0 saturated heterocycles. The van der Waals surface area contributed by atoms with E-state index in [0.29, 0.717) is 6.04 Å². The largest absolute Gasteiger partial charge is 0.398 e. The number of nitrogens with one attached hydrogen (secondary N) is 2. The van der Waals surface area contributed by atoms with E-state index in [2.05, 4.69) is 74.7 Å². The fourth-order valence-electron chi connectivity index (χ4n) is 4.59. The Hall–Kier alpha value is -2.16. The molecule has 3 heteroatoms. The number of hydrogen-bond acceptors (Lipinski definition) is 3. The fraction of sp³-hybridized carbons (Fsp3) is 0.429. The summed E-state index contributed by atoms with van der Waals surface area (Å²) in [6, 6.07) is 13.5. The quantitative estimate of drug-likeness (QED) is 0.686. The standard InChI is InChI=1S/C21H27N3/c1-13-9-17-18(10-16(13)22)24-19(12-23-17)21(4)11-14-7-5-6-8-15(14)20(21,2)3/h5-10,19,23-24H,11-12,22H2,1-4H3/t19-,21+/m0/s1. The van der Waals surface area contributed by atoms with E-state index in [1.807, 2.05) is 0 Å². The lowest BCUT2D eigenvalue weighted by molar-refractivity contribution is 0.165. The van der Waals surface area contributed by atoms with E-state index in [0.717, 1.165) is 35.6 Å². The van der Waals surface area contributed by atoms with Gasteiger partial charge in [0.25, 0.3) is 0 Å². The molecule has 0 aromatic heterocycles. The van der Waals surface area contributed by atoms with Gasteiger partial charge in [0.05, 0.1) is 11.4 Å². The van der Waals surface area contributed by atoms with Crippen LogP contribution >= 0.6 is 0 Å². The summed E-state index contributed by atoms with van der Waals surface area (Å²) in [6.45, 7) is 10.2. The van der Waals surface area contributed by atoms with E-state index in [4.69, 9.17) is 5.73 Å². The van der Waals surface area contributed by atoms with Gasteiger partial charge in [-0.25, -0.2) is 0 Å². The Kier molecular flexibility index (Phi) is 3.15. The van der Waals surface area contributed by atoms with Gasteiger partial charge in [-0.2, -0.15) is 0 Å². The van der Waals surface area contributed by atoms with Gasteiger partial charge in [-0.3, -0.25) is 0 Å². The van der Waals surface area contributed by atoms with Crippen LogP contribution in [0.2, 0.25) is 0 Å². The van der Waals surface area contributed by atoms with Crippen molar-refractivity contribution in [3.63, 3.8) is 0 Å². The monoisotopic (exact) mass is 321 g/mol. The summed E-state index contributed by atoms with van der Waals surface area (Å²) in [7, 11) is 0. The van der Waals surface area contributed by atoms with Crippen molar-refractivity contribution in [2.24, 2.45) is 5.41 Å². The molecule has 2 atom stereocenters. The summed E-state index contributed by atoms with van der Waals surface area (Å²) in [4.78, 5) is 0. The average Bonchev–Trinajstić information content (AvgIpc) is 2.76. The molecule has 4 N–H and O–H groups in total. The number of anilines is 3. The number of nitrogens with two attached hydrogens (primary N) is 1. The van der Waals surface area contributed by atoms with Crippen molar-refractivity contribution in [1.29, 1.82) is 0 Å². The maximum Gasteiger partial charge on any atom is 0.0599 e. The van der Waals surface area contributed by atoms with Gasteiger partial charge >= 0.3 is 0 Å². The van der Waals surface area contributed by atoms with Crippen LogP contribution in [0.5, 0.6) is 0 Å². The second-order valence-corrected chi connectivity index (χ2v) is 8.21. The summed E-state index contributed by atoms with van der Waals surface area (Å²) < 4.78 is 0. The summed E-state index contributed by atoms with van der Waals surface area (Å²) in [5, 5.41) is 7.42. The number of benzene rings is 2. The molecule has 3 nitrogen and oxygen atoms in total. The lowest BCUT2D eigenvalue weighted by Crippen LogP contribution is -2.53. The Balaban J connectivity index is 1.71. The number of aryl methyl sites for hydroxylation is 1. The van der Waals surface area contributed by atoms with Crippen molar-refractivity contribution in [3.8, 4) is 0 Å². The second-order valence-electron chi connectivity index (χ2n) is 8.21. The van der Waals surface area contributed by atoms with Crippen LogP contribution in [0.1, 0.15) is 37.5 Å². The number of nitrogen functional groups attached to an aromatic ring is 1. The van der Waals surface area contributed by atoms with Crippen LogP contribution in [0.3, 0.4) is 0 Å². The van der Waals surface area contributed by atoms with Crippen LogP contribution in [-0.4, -0.2) is 12.6 Å². The lowest BCUT2D eigenvalue weighted by atomic mass is 9.62. The zero-order chi connectivity index (χ0) is 17.1. The van der Waals surface area contributed by atoms with Crippen molar-refractivity contribution in [2.75, 3.05) is 22.9 Å². The second kappa shape index (κ2) is 4.92. The first-order chi connectivity index (χ1) is 11.3. The Labute approximate surface area is 144 Å². The van der Waals surface area contributed by atoms with Crippen LogP contribution in [0.25, 0.3) is 0 Å². The zero-order valence-electron chi connectivity index (χ0n) is 15.0. The normalized spacial score (nSPS) is 26.9. The van der Waals surface area contributed by atoms with E-state index < -0.39 is 0 Å². The van der Waals surface area contributed by atoms with Crippen molar-refractivity contribution in [3.05, 3.63) is 53.1 Å². The SMILES string of the molecule is Cc1cc2c(cc1N)N[C@H]([C@@]1(C)Cc3ccccc3C1(C)C)CN2. The van der Waals surface area contributed by atoms with Gasteiger partial charge in [-0.05, 0) is 47.6 Å². The molecule has 0 bridgehead atoms. The Bertz CT molecular complexity index is 809. The number of fused-ring (bicyclic) bond motifs is 2. The topological polar surface area (TPSA) is 50.1 Å². The molecule has 0 unspecified atom stereocenters. The lowest BCUT2D eigenvalue weighted by Gasteiger charge is -2.47.